The Morgan fingerprint density at radius 2 is 1.97 bits per heavy atom. The van der Waals surface area contributed by atoms with Crippen LogP contribution in [-0.4, -0.2) is 53.2 Å². The molecular formula is C23H22FNO6. The summed E-state index contributed by atoms with van der Waals surface area (Å²) in [6, 6.07) is 8.59. The number of methoxy groups -OCH3 is 1. The van der Waals surface area contributed by atoms with Crippen LogP contribution < -0.4 is 4.74 Å². The Morgan fingerprint density at radius 1 is 1.23 bits per heavy atom. The molecule has 1 amide bonds. The van der Waals surface area contributed by atoms with Crippen molar-refractivity contribution in [3.63, 3.8) is 0 Å². The van der Waals surface area contributed by atoms with E-state index < -0.39 is 29.3 Å². The van der Waals surface area contributed by atoms with Crippen LogP contribution in [0.15, 0.2) is 48.0 Å². The number of rotatable bonds is 5. The van der Waals surface area contributed by atoms with Crippen molar-refractivity contribution in [2.75, 3.05) is 20.3 Å². The number of halogens is 1. The summed E-state index contributed by atoms with van der Waals surface area (Å²) in [6.07, 6.45) is 1.39. The molecule has 2 aliphatic heterocycles. The van der Waals surface area contributed by atoms with Gasteiger partial charge in [-0.3, -0.25) is 9.59 Å². The molecule has 2 aromatic rings. The molecule has 2 N–H and O–H groups in total. The minimum Gasteiger partial charge on any atom is -0.507 e. The number of aliphatic hydroxyl groups excluding tert-OH is 1. The van der Waals surface area contributed by atoms with Crippen LogP contribution in [0.25, 0.3) is 5.76 Å². The number of nitrogens with zero attached hydrogens (tertiary/aromatic N) is 1. The summed E-state index contributed by atoms with van der Waals surface area (Å²) in [5.74, 6) is -2.44. The second-order valence-electron chi connectivity index (χ2n) is 7.52. The van der Waals surface area contributed by atoms with Crippen molar-refractivity contribution in [1.29, 1.82) is 0 Å². The number of Topliss-reactive ketones (excluding diaryl/α,β-unsaturated/α-hetero) is 1. The fourth-order valence-electron chi connectivity index (χ4n) is 4.06. The molecule has 2 unspecified atom stereocenters. The third-order valence-electron chi connectivity index (χ3n) is 5.60. The van der Waals surface area contributed by atoms with Gasteiger partial charge in [0, 0.05) is 18.7 Å². The number of aliphatic hydroxyl groups is 1. The maximum Gasteiger partial charge on any atom is 0.295 e. The highest BCUT2D eigenvalue weighted by molar-refractivity contribution is 6.46. The molecule has 4 rings (SSSR count). The van der Waals surface area contributed by atoms with Gasteiger partial charge in [0.15, 0.2) is 11.5 Å². The smallest absolute Gasteiger partial charge is 0.295 e. The minimum absolute atomic E-state index is 0.126. The van der Waals surface area contributed by atoms with E-state index in [9.17, 15) is 24.2 Å². The first-order chi connectivity index (χ1) is 14.9. The highest BCUT2D eigenvalue weighted by Gasteiger charge is 2.47. The number of benzene rings is 2. The Hall–Kier alpha value is -3.39. The number of phenols is 1. The summed E-state index contributed by atoms with van der Waals surface area (Å²) in [5.41, 5.74) is 0.512. The van der Waals surface area contributed by atoms with E-state index in [2.05, 4.69) is 0 Å². The number of amides is 1. The quantitative estimate of drug-likeness (QED) is 0.432. The van der Waals surface area contributed by atoms with Crippen molar-refractivity contribution >= 4 is 17.4 Å². The van der Waals surface area contributed by atoms with Gasteiger partial charge in [-0.1, -0.05) is 6.07 Å². The summed E-state index contributed by atoms with van der Waals surface area (Å²) in [7, 11) is 1.41. The zero-order valence-electron chi connectivity index (χ0n) is 16.9. The van der Waals surface area contributed by atoms with Gasteiger partial charge in [0.1, 0.15) is 11.6 Å². The Balaban J connectivity index is 1.83. The Labute approximate surface area is 178 Å². The van der Waals surface area contributed by atoms with Crippen LogP contribution in [0.1, 0.15) is 30.0 Å². The summed E-state index contributed by atoms with van der Waals surface area (Å²) in [4.78, 5) is 27.2. The summed E-state index contributed by atoms with van der Waals surface area (Å²) in [5, 5.41) is 21.2. The Bertz CT molecular complexity index is 1040. The maximum atomic E-state index is 13.3. The van der Waals surface area contributed by atoms with Gasteiger partial charge in [0.05, 0.1) is 24.8 Å². The third kappa shape index (κ3) is 3.86. The molecule has 0 aromatic heterocycles. The molecule has 2 fully saturated rings. The van der Waals surface area contributed by atoms with Gasteiger partial charge in [0.25, 0.3) is 11.7 Å². The summed E-state index contributed by atoms with van der Waals surface area (Å²) < 4.78 is 24.1. The van der Waals surface area contributed by atoms with E-state index in [1.54, 1.807) is 6.07 Å². The third-order valence-corrected chi connectivity index (χ3v) is 5.60. The topological polar surface area (TPSA) is 96.3 Å². The predicted molar refractivity (Wildman–Crippen MR) is 109 cm³/mol. The molecule has 0 spiro atoms. The zero-order chi connectivity index (χ0) is 22.1. The molecule has 0 aliphatic carbocycles. The van der Waals surface area contributed by atoms with E-state index in [4.69, 9.17) is 9.47 Å². The van der Waals surface area contributed by atoms with E-state index in [1.165, 1.54) is 36.3 Å². The molecule has 2 saturated heterocycles. The molecule has 31 heavy (non-hydrogen) atoms. The molecule has 0 radical (unpaired) electrons. The van der Waals surface area contributed by atoms with Gasteiger partial charge in [0.2, 0.25) is 0 Å². The number of ketones is 1. The first-order valence-electron chi connectivity index (χ1n) is 9.93. The van der Waals surface area contributed by atoms with E-state index in [0.717, 1.165) is 25.0 Å². The molecule has 2 aliphatic rings. The van der Waals surface area contributed by atoms with Crippen LogP contribution in [0.4, 0.5) is 4.39 Å². The lowest BCUT2D eigenvalue weighted by Gasteiger charge is -2.27. The second kappa shape index (κ2) is 8.39. The van der Waals surface area contributed by atoms with E-state index in [-0.39, 0.29) is 35.3 Å². The van der Waals surface area contributed by atoms with Crippen molar-refractivity contribution in [1.82, 2.24) is 4.90 Å². The molecule has 0 saturated carbocycles. The fraction of sp³-hybridized carbons (Fsp3) is 0.304. The molecule has 8 heteroatoms. The molecule has 0 bridgehead atoms. The Kier molecular flexibility index (Phi) is 5.65. The fourth-order valence-corrected chi connectivity index (χ4v) is 4.06. The zero-order valence-corrected chi connectivity index (χ0v) is 16.9. The standard InChI is InChI=1S/C23H22FNO6/c1-30-18-9-6-14(11-17(18)26)20-19(21(27)13-4-7-15(24)8-5-13)22(28)23(29)25(20)12-16-3-2-10-31-16/h4-9,11,16,20,26-27H,2-3,10,12H2,1H3/b21-19-. The molecule has 2 heterocycles. The largest absolute Gasteiger partial charge is 0.507 e. The van der Waals surface area contributed by atoms with Gasteiger partial charge in [-0.15, -0.1) is 0 Å². The monoisotopic (exact) mass is 427 g/mol. The van der Waals surface area contributed by atoms with Crippen LogP contribution in [0.3, 0.4) is 0 Å². The molecule has 2 atom stereocenters. The van der Waals surface area contributed by atoms with Crippen LogP contribution >= 0.6 is 0 Å². The van der Waals surface area contributed by atoms with E-state index in [1.807, 2.05) is 0 Å². The minimum atomic E-state index is -0.939. The number of hydrogen-bond donors (Lipinski definition) is 2. The molecule has 162 valence electrons. The van der Waals surface area contributed by atoms with Crippen molar-refractivity contribution in [2.24, 2.45) is 0 Å². The van der Waals surface area contributed by atoms with Gasteiger partial charge in [-0.25, -0.2) is 4.39 Å². The van der Waals surface area contributed by atoms with E-state index in [0.29, 0.717) is 12.2 Å². The number of hydrogen-bond acceptors (Lipinski definition) is 6. The van der Waals surface area contributed by atoms with Gasteiger partial charge in [-0.2, -0.15) is 0 Å². The number of phenolic OH excluding ortho intramolecular Hbond substituents is 1. The van der Waals surface area contributed by atoms with Gasteiger partial charge >= 0.3 is 0 Å². The molecule has 7 nitrogen and oxygen atoms in total. The second-order valence-corrected chi connectivity index (χ2v) is 7.52. The number of ether oxygens (including phenoxy) is 2. The normalized spacial score (nSPS) is 22.8. The SMILES string of the molecule is COc1ccc(C2/C(=C(/O)c3ccc(F)cc3)C(=O)C(=O)N2CC2CCCO2)cc1O. The van der Waals surface area contributed by atoms with Crippen molar-refractivity contribution < 1.29 is 33.7 Å². The van der Waals surface area contributed by atoms with Crippen LogP contribution in [0.5, 0.6) is 11.5 Å². The van der Waals surface area contributed by atoms with Crippen molar-refractivity contribution in [3.05, 3.63) is 65.0 Å². The molecule has 2 aromatic carbocycles. The van der Waals surface area contributed by atoms with E-state index >= 15 is 0 Å². The average Bonchev–Trinajstić information content (AvgIpc) is 3.36. The Morgan fingerprint density at radius 3 is 2.58 bits per heavy atom. The number of aromatic hydroxyl groups is 1. The highest BCUT2D eigenvalue weighted by Crippen LogP contribution is 2.42. The average molecular weight is 427 g/mol. The van der Waals surface area contributed by atoms with Gasteiger partial charge in [-0.05, 0) is 54.8 Å². The van der Waals surface area contributed by atoms with Crippen LogP contribution in [0, 0.1) is 5.82 Å². The number of carbonyl (C=O) groups excluding carboxylic acids is 2. The van der Waals surface area contributed by atoms with Crippen molar-refractivity contribution in [3.8, 4) is 11.5 Å². The van der Waals surface area contributed by atoms with Crippen LogP contribution in [0.2, 0.25) is 0 Å². The lowest BCUT2D eigenvalue weighted by molar-refractivity contribution is -0.140. The number of carbonyl (C=O) groups is 2. The maximum absolute atomic E-state index is 13.3. The first kappa shape index (κ1) is 20.9. The lowest BCUT2D eigenvalue weighted by Crippen LogP contribution is -2.36. The number of likely N-dealkylation sites (tertiary alicyclic amines) is 1. The highest BCUT2D eigenvalue weighted by atomic mass is 19.1. The summed E-state index contributed by atoms with van der Waals surface area (Å²) >= 11 is 0. The summed E-state index contributed by atoms with van der Waals surface area (Å²) in [6.45, 7) is 0.750. The lowest BCUT2D eigenvalue weighted by atomic mass is 9.95. The molecular weight excluding hydrogens is 405 g/mol. The van der Waals surface area contributed by atoms with Gasteiger partial charge < -0.3 is 24.6 Å². The predicted octanol–water partition coefficient (Wildman–Crippen LogP) is 3.14. The van der Waals surface area contributed by atoms with Crippen molar-refractivity contribution in [2.45, 2.75) is 25.0 Å². The first-order valence-corrected chi connectivity index (χ1v) is 9.93. The van der Waals surface area contributed by atoms with Crippen LogP contribution in [-0.2, 0) is 14.3 Å².